The SMILES string of the molecule is CCOc1ccccc1N1CC(C(=O)Nc2cc(C(=O)N3CC(C)CC(C)C3)ccc2C)CC1=O. The zero-order chi connectivity index (χ0) is 25.1. The first kappa shape index (κ1) is 24.8. The van der Waals surface area contributed by atoms with Crippen LogP contribution in [0.4, 0.5) is 11.4 Å². The van der Waals surface area contributed by atoms with E-state index in [1.165, 1.54) is 0 Å². The van der Waals surface area contributed by atoms with E-state index in [1.54, 1.807) is 11.0 Å². The highest BCUT2D eigenvalue weighted by molar-refractivity contribution is 6.05. The van der Waals surface area contributed by atoms with Gasteiger partial charge in [-0.25, -0.2) is 0 Å². The van der Waals surface area contributed by atoms with Gasteiger partial charge in [0, 0.05) is 37.3 Å². The fourth-order valence-electron chi connectivity index (χ4n) is 5.21. The molecule has 3 unspecified atom stereocenters. The second-order valence-electron chi connectivity index (χ2n) is 9.98. The van der Waals surface area contributed by atoms with Crippen molar-refractivity contribution in [2.45, 2.75) is 40.5 Å². The van der Waals surface area contributed by atoms with Gasteiger partial charge in [-0.15, -0.1) is 0 Å². The molecular formula is C28H35N3O4. The quantitative estimate of drug-likeness (QED) is 0.664. The largest absolute Gasteiger partial charge is 0.492 e. The molecule has 35 heavy (non-hydrogen) atoms. The summed E-state index contributed by atoms with van der Waals surface area (Å²) in [5.74, 6) is 0.765. The Kier molecular flexibility index (Phi) is 7.43. The number of aryl methyl sites for hydroxylation is 1. The number of hydrogen-bond acceptors (Lipinski definition) is 4. The summed E-state index contributed by atoms with van der Waals surface area (Å²) < 4.78 is 5.67. The van der Waals surface area contributed by atoms with Crippen LogP contribution in [-0.4, -0.2) is 48.9 Å². The first-order valence-corrected chi connectivity index (χ1v) is 12.5. The second-order valence-corrected chi connectivity index (χ2v) is 9.98. The van der Waals surface area contributed by atoms with Gasteiger partial charge in [0.05, 0.1) is 18.2 Å². The van der Waals surface area contributed by atoms with Gasteiger partial charge in [-0.3, -0.25) is 14.4 Å². The van der Waals surface area contributed by atoms with Crippen molar-refractivity contribution in [2.24, 2.45) is 17.8 Å². The van der Waals surface area contributed by atoms with Crippen molar-refractivity contribution in [2.75, 3.05) is 36.5 Å². The highest BCUT2D eigenvalue weighted by Crippen LogP contribution is 2.33. The van der Waals surface area contributed by atoms with E-state index in [1.807, 2.05) is 55.1 Å². The molecule has 4 rings (SSSR count). The molecule has 2 heterocycles. The van der Waals surface area contributed by atoms with Crippen molar-refractivity contribution < 1.29 is 19.1 Å². The van der Waals surface area contributed by atoms with Gasteiger partial charge in [0.25, 0.3) is 5.91 Å². The Balaban J connectivity index is 1.47. The second kappa shape index (κ2) is 10.5. The first-order chi connectivity index (χ1) is 16.8. The molecule has 0 aliphatic carbocycles. The summed E-state index contributed by atoms with van der Waals surface area (Å²) in [4.78, 5) is 42.6. The molecule has 7 heteroatoms. The third kappa shape index (κ3) is 5.50. The first-order valence-electron chi connectivity index (χ1n) is 12.5. The lowest BCUT2D eigenvalue weighted by atomic mass is 9.91. The molecule has 1 N–H and O–H groups in total. The van der Waals surface area contributed by atoms with Gasteiger partial charge in [0.15, 0.2) is 0 Å². The van der Waals surface area contributed by atoms with Gasteiger partial charge in [-0.2, -0.15) is 0 Å². The fraction of sp³-hybridized carbons (Fsp3) is 0.464. The number of nitrogens with one attached hydrogen (secondary N) is 1. The number of carbonyl (C=O) groups is 3. The van der Waals surface area contributed by atoms with Crippen LogP contribution in [0.1, 0.15) is 49.5 Å². The van der Waals surface area contributed by atoms with Crippen molar-refractivity contribution in [3.8, 4) is 5.75 Å². The molecule has 0 aromatic heterocycles. The van der Waals surface area contributed by atoms with Crippen molar-refractivity contribution >= 4 is 29.1 Å². The van der Waals surface area contributed by atoms with Gasteiger partial charge in [-0.1, -0.05) is 32.0 Å². The summed E-state index contributed by atoms with van der Waals surface area (Å²) in [7, 11) is 0. The number of ether oxygens (including phenoxy) is 1. The van der Waals surface area contributed by atoms with Crippen LogP contribution in [-0.2, 0) is 9.59 Å². The highest BCUT2D eigenvalue weighted by Gasteiger charge is 2.36. The molecular weight excluding hydrogens is 442 g/mol. The van der Waals surface area contributed by atoms with E-state index < -0.39 is 5.92 Å². The lowest BCUT2D eigenvalue weighted by Crippen LogP contribution is -2.42. The Morgan fingerprint density at radius 2 is 1.77 bits per heavy atom. The minimum Gasteiger partial charge on any atom is -0.492 e. The molecule has 2 saturated heterocycles. The molecule has 2 aliphatic rings. The van der Waals surface area contributed by atoms with Crippen molar-refractivity contribution in [3.05, 3.63) is 53.6 Å². The van der Waals surface area contributed by atoms with E-state index in [0.29, 0.717) is 41.1 Å². The molecule has 186 valence electrons. The van der Waals surface area contributed by atoms with E-state index in [9.17, 15) is 14.4 Å². The van der Waals surface area contributed by atoms with Gasteiger partial charge in [-0.05, 0) is 61.9 Å². The predicted molar refractivity (Wildman–Crippen MR) is 137 cm³/mol. The number of hydrogen-bond donors (Lipinski definition) is 1. The number of amides is 3. The molecule has 0 spiro atoms. The van der Waals surface area contributed by atoms with Crippen LogP contribution in [0.3, 0.4) is 0 Å². The lowest BCUT2D eigenvalue weighted by Gasteiger charge is -2.35. The average Bonchev–Trinajstić information content (AvgIpc) is 3.21. The average molecular weight is 478 g/mol. The molecule has 2 aliphatic heterocycles. The van der Waals surface area contributed by atoms with Crippen LogP contribution >= 0.6 is 0 Å². The zero-order valence-corrected chi connectivity index (χ0v) is 21.0. The minimum absolute atomic E-state index is 0.00588. The van der Waals surface area contributed by atoms with Gasteiger partial charge in [0.1, 0.15) is 5.75 Å². The summed E-state index contributed by atoms with van der Waals surface area (Å²) in [5.41, 5.74) is 2.74. The fourth-order valence-corrected chi connectivity index (χ4v) is 5.21. The van der Waals surface area contributed by atoms with Crippen LogP contribution in [0.25, 0.3) is 0 Å². The van der Waals surface area contributed by atoms with Gasteiger partial charge in [0.2, 0.25) is 11.8 Å². The Morgan fingerprint density at radius 3 is 2.49 bits per heavy atom. The van der Waals surface area contributed by atoms with Crippen LogP contribution in [0, 0.1) is 24.7 Å². The summed E-state index contributed by atoms with van der Waals surface area (Å²) >= 11 is 0. The number of rotatable bonds is 6. The molecule has 3 atom stereocenters. The number of para-hydroxylation sites is 2. The molecule has 0 bridgehead atoms. The van der Waals surface area contributed by atoms with Crippen LogP contribution < -0.4 is 15.0 Å². The maximum absolute atomic E-state index is 13.2. The van der Waals surface area contributed by atoms with Crippen molar-refractivity contribution in [1.82, 2.24) is 4.90 Å². The monoisotopic (exact) mass is 477 g/mol. The van der Waals surface area contributed by atoms with E-state index in [4.69, 9.17) is 4.74 Å². The normalized spacial score (nSPS) is 22.3. The Hall–Kier alpha value is -3.35. The number of anilines is 2. The number of carbonyl (C=O) groups excluding carboxylic acids is 3. The molecule has 3 amide bonds. The summed E-state index contributed by atoms with van der Waals surface area (Å²) in [5, 5.41) is 2.98. The number of likely N-dealkylation sites (tertiary alicyclic amines) is 1. The number of piperidine rings is 1. The van der Waals surface area contributed by atoms with E-state index in [0.717, 1.165) is 25.1 Å². The molecule has 7 nitrogen and oxygen atoms in total. The number of benzene rings is 2. The molecule has 2 fully saturated rings. The van der Waals surface area contributed by atoms with E-state index >= 15 is 0 Å². The number of nitrogens with zero attached hydrogens (tertiary/aromatic N) is 2. The van der Waals surface area contributed by atoms with Crippen molar-refractivity contribution in [1.29, 1.82) is 0 Å². The third-order valence-electron chi connectivity index (χ3n) is 6.85. The summed E-state index contributed by atoms with van der Waals surface area (Å²) in [6, 6.07) is 12.8. The third-order valence-corrected chi connectivity index (χ3v) is 6.85. The summed E-state index contributed by atoms with van der Waals surface area (Å²) in [6.07, 6.45) is 1.26. The van der Waals surface area contributed by atoms with Crippen LogP contribution in [0.2, 0.25) is 0 Å². The Morgan fingerprint density at radius 1 is 1.06 bits per heavy atom. The molecule has 0 radical (unpaired) electrons. The zero-order valence-electron chi connectivity index (χ0n) is 21.0. The van der Waals surface area contributed by atoms with Crippen LogP contribution in [0.5, 0.6) is 5.75 Å². The minimum atomic E-state index is -0.486. The summed E-state index contributed by atoms with van der Waals surface area (Å²) in [6.45, 7) is 10.4. The van der Waals surface area contributed by atoms with Gasteiger partial charge < -0.3 is 19.9 Å². The predicted octanol–water partition coefficient (Wildman–Crippen LogP) is 4.50. The maximum atomic E-state index is 13.2. The highest BCUT2D eigenvalue weighted by atomic mass is 16.5. The lowest BCUT2D eigenvalue weighted by molar-refractivity contribution is -0.122. The van der Waals surface area contributed by atoms with Crippen molar-refractivity contribution in [3.63, 3.8) is 0 Å². The standard InChI is InChI=1S/C28H35N3O4/c1-5-35-25-9-7-6-8-24(25)31-17-22(14-26(31)32)27(33)29-23-13-21(11-10-20(23)4)28(34)30-15-18(2)12-19(3)16-30/h6-11,13,18-19,22H,5,12,14-17H2,1-4H3,(H,29,33). The molecule has 0 saturated carbocycles. The smallest absolute Gasteiger partial charge is 0.253 e. The van der Waals surface area contributed by atoms with E-state index in [-0.39, 0.29) is 30.7 Å². The Bertz CT molecular complexity index is 1110. The van der Waals surface area contributed by atoms with Gasteiger partial charge >= 0.3 is 0 Å². The molecule has 2 aromatic rings. The van der Waals surface area contributed by atoms with E-state index in [2.05, 4.69) is 19.2 Å². The Labute approximate surface area is 207 Å². The molecule has 2 aromatic carbocycles. The van der Waals surface area contributed by atoms with Crippen LogP contribution in [0.15, 0.2) is 42.5 Å². The topological polar surface area (TPSA) is 79.0 Å². The maximum Gasteiger partial charge on any atom is 0.253 e.